The van der Waals surface area contributed by atoms with Crippen LogP contribution in [0.3, 0.4) is 0 Å². The fraction of sp³-hybridized carbons (Fsp3) is 0.160. The number of hydrogen-bond acceptors (Lipinski definition) is 6. The minimum absolute atomic E-state index is 0. The van der Waals surface area contributed by atoms with Crippen LogP contribution in [0.1, 0.15) is 11.1 Å². The molecule has 10 heteroatoms. The lowest BCUT2D eigenvalue weighted by Crippen LogP contribution is -3.00. The van der Waals surface area contributed by atoms with Crippen LogP contribution in [0.4, 0.5) is 0 Å². The lowest BCUT2D eigenvalue weighted by molar-refractivity contribution is -0.684. The summed E-state index contributed by atoms with van der Waals surface area (Å²) >= 11 is 1.18. The number of nitrogens with one attached hydrogen (secondary N) is 2. The highest BCUT2D eigenvalue weighted by molar-refractivity contribution is 7.99. The van der Waals surface area contributed by atoms with Crippen LogP contribution in [-0.4, -0.2) is 27.8 Å². The number of hydrogen-bond donors (Lipinski definition) is 2. The number of carbonyl (C=O) groups is 2. The fourth-order valence-electron chi connectivity index (χ4n) is 3.08. The zero-order chi connectivity index (χ0) is 23.6. The van der Waals surface area contributed by atoms with Gasteiger partial charge >= 0.3 is 0 Å². The maximum atomic E-state index is 12.2. The molecule has 2 aromatic heterocycles. The first-order valence-corrected chi connectivity index (χ1v) is 11.7. The van der Waals surface area contributed by atoms with Crippen LogP contribution in [0.2, 0.25) is 0 Å². The first-order valence-electron chi connectivity index (χ1n) is 10.7. The van der Waals surface area contributed by atoms with Gasteiger partial charge in [-0.3, -0.25) is 9.59 Å². The highest BCUT2D eigenvalue weighted by Gasteiger charge is 2.14. The SMILES string of the molecule is O=C(CSc1nnc(-c2cc[n+](CC(=O)NCc3ccccc3)cc2)o1)NCc1ccccc1.[Cl-]. The van der Waals surface area contributed by atoms with E-state index in [-0.39, 0.29) is 36.5 Å². The van der Waals surface area contributed by atoms with Crippen molar-refractivity contribution >= 4 is 23.6 Å². The highest BCUT2D eigenvalue weighted by atomic mass is 35.5. The Hall–Kier alpha value is -3.69. The van der Waals surface area contributed by atoms with Crippen LogP contribution in [0.25, 0.3) is 11.5 Å². The molecule has 0 aliphatic carbocycles. The van der Waals surface area contributed by atoms with E-state index in [1.54, 1.807) is 29.1 Å². The van der Waals surface area contributed by atoms with Crippen LogP contribution < -0.4 is 27.6 Å². The first kappa shape index (κ1) is 25.9. The third kappa shape index (κ3) is 8.24. The van der Waals surface area contributed by atoms with Crippen molar-refractivity contribution < 1.29 is 31.0 Å². The molecular formula is C25H24ClN5O3S. The molecule has 4 aromatic rings. The second-order valence-corrected chi connectivity index (χ2v) is 8.37. The van der Waals surface area contributed by atoms with E-state index in [1.807, 2.05) is 60.7 Å². The van der Waals surface area contributed by atoms with Crippen molar-refractivity contribution in [1.82, 2.24) is 20.8 Å². The molecule has 35 heavy (non-hydrogen) atoms. The first-order chi connectivity index (χ1) is 16.7. The number of halogens is 1. The lowest BCUT2D eigenvalue weighted by atomic mass is 10.2. The standard InChI is InChI=1S/C25H23N5O3S.ClH/c31-22(26-15-19-7-3-1-4-8-19)17-30-13-11-21(12-14-30)24-28-29-25(33-24)34-18-23(32)27-16-20-9-5-2-6-10-20;/h1-14H,15-18H2,(H-,26,27,31,32);1H. The number of thioether (sulfide) groups is 1. The van der Waals surface area contributed by atoms with Crippen molar-refractivity contribution in [2.75, 3.05) is 5.75 Å². The molecule has 0 fully saturated rings. The summed E-state index contributed by atoms with van der Waals surface area (Å²) in [6, 6.07) is 23.1. The van der Waals surface area contributed by atoms with E-state index in [0.717, 1.165) is 16.7 Å². The molecule has 0 atom stereocenters. The number of nitrogens with zero attached hydrogens (tertiary/aromatic N) is 3. The Kier molecular flexibility index (Phi) is 9.82. The van der Waals surface area contributed by atoms with Gasteiger partial charge in [-0.1, -0.05) is 72.4 Å². The molecule has 0 aliphatic heterocycles. The van der Waals surface area contributed by atoms with Gasteiger partial charge in [0.05, 0.1) is 11.3 Å². The van der Waals surface area contributed by atoms with Gasteiger partial charge in [0.1, 0.15) is 0 Å². The third-order valence-electron chi connectivity index (χ3n) is 4.86. The molecule has 2 N–H and O–H groups in total. The van der Waals surface area contributed by atoms with Crippen molar-refractivity contribution in [3.63, 3.8) is 0 Å². The average molecular weight is 510 g/mol. The van der Waals surface area contributed by atoms with E-state index in [1.165, 1.54) is 11.8 Å². The number of rotatable bonds is 10. The Bertz CT molecular complexity index is 1220. The van der Waals surface area contributed by atoms with Crippen molar-refractivity contribution in [3.05, 3.63) is 96.3 Å². The van der Waals surface area contributed by atoms with E-state index < -0.39 is 0 Å². The van der Waals surface area contributed by atoms with Gasteiger partial charge in [-0.05, 0) is 11.1 Å². The molecule has 2 amide bonds. The minimum Gasteiger partial charge on any atom is -1.00 e. The van der Waals surface area contributed by atoms with E-state index in [9.17, 15) is 9.59 Å². The summed E-state index contributed by atoms with van der Waals surface area (Å²) in [5.41, 5.74) is 2.82. The summed E-state index contributed by atoms with van der Waals surface area (Å²) in [7, 11) is 0. The summed E-state index contributed by atoms with van der Waals surface area (Å²) < 4.78 is 7.43. The summed E-state index contributed by atoms with van der Waals surface area (Å²) in [5, 5.41) is 14.1. The smallest absolute Gasteiger partial charge is 0.286 e. The van der Waals surface area contributed by atoms with E-state index in [0.29, 0.717) is 24.2 Å². The Labute approximate surface area is 213 Å². The summed E-state index contributed by atoms with van der Waals surface area (Å²) in [5.74, 6) is 0.345. The van der Waals surface area contributed by atoms with Gasteiger partial charge < -0.3 is 27.5 Å². The molecule has 0 spiro atoms. The van der Waals surface area contributed by atoms with Gasteiger partial charge in [-0.25, -0.2) is 0 Å². The average Bonchev–Trinajstić information content (AvgIpc) is 3.36. The van der Waals surface area contributed by atoms with Crippen molar-refractivity contribution in [3.8, 4) is 11.5 Å². The third-order valence-corrected chi connectivity index (χ3v) is 5.68. The van der Waals surface area contributed by atoms with Gasteiger partial charge in [0.2, 0.25) is 18.3 Å². The van der Waals surface area contributed by atoms with Gasteiger partial charge in [0, 0.05) is 25.2 Å². The quantitative estimate of drug-likeness (QED) is 0.226. The van der Waals surface area contributed by atoms with Gasteiger partial charge in [-0.2, -0.15) is 4.57 Å². The summed E-state index contributed by atoms with van der Waals surface area (Å²) in [6.45, 7) is 1.17. The van der Waals surface area contributed by atoms with E-state index in [4.69, 9.17) is 4.42 Å². The molecule has 2 heterocycles. The minimum atomic E-state index is -0.111. The second-order valence-electron chi connectivity index (χ2n) is 7.45. The van der Waals surface area contributed by atoms with Crippen LogP contribution in [0.15, 0.2) is 94.8 Å². The Morgan fingerprint density at radius 1 is 0.800 bits per heavy atom. The van der Waals surface area contributed by atoms with Crippen LogP contribution in [-0.2, 0) is 29.2 Å². The maximum Gasteiger partial charge on any atom is 0.286 e. The maximum absolute atomic E-state index is 12.2. The molecule has 4 rings (SSSR count). The van der Waals surface area contributed by atoms with Crippen LogP contribution in [0.5, 0.6) is 0 Å². The summed E-state index contributed by atoms with van der Waals surface area (Å²) in [4.78, 5) is 24.3. The summed E-state index contributed by atoms with van der Waals surface area (Å²) in [6.07, 6.45) is 3.57. The Morgan fingerprint density at radius 2 is 1.37 bits per heavy atom. The number of aromatic nitrogens is 3. The molecule has 0 aliphatic rings. The lowest BCUT2D eigenvalue weighted by Gasteiger charge is -2.03. The zero-order valence-electron chi connectivity index (χ0n) is 18.8. The van der Waals surface area contributed by atoms with Crippen LogP contribution in [0, 0.1) is 0 Å². The normalized spacial score (nSPS) is 10.3. The molecule has 8 nitrogen and oxygen atoms in total. The Balaban J connectivity index is 0.00000342. The van der Waals surface area contributed by atoms with Crippen molar-refractivity contribution in [1.29, 1.82) is 0 Å². The monoisotopic (exact) mass is 509 g/mol. The molecule has 2 aromatic carbocycles. The predicted octanol–water partition coefficient (Wildman–Crippen LogP) is -0.247. The number of pyridine rings is 1. The highest BCUT2D eigenvalue weighted by Crippen LogP contribution is 2.22. The number of carbonyl (C=O) groups excluding carboxylic acids is 2. The topological polar surface area (TPSA) is 101 Å². The van der Waals surface area contributed by atoms with Crippen molar-refractivity contribution in [2.24, 2.45) is 0 Å². The fourth-order valence-corrected chi connectivity index (χ4v) is 3.68. The van der Waals surface area contributed by atoms with Crippen molar-refractivity contribution in [2.45, 2.75) is 24.9 Å². The Morgan fingerprint density at radius 3 is 1.97 bits per heavy atom. The van der Waals surface area contributed by atoms with Crippen LogP contribution >= 0.6 is 11.8 Å². The van der Waals surface area contributed by atoms with Gasteiger partial charge in [0.25, 0.3) is 11.1 Å². The zero-order valence-corrected chi connectivity index (χ0v) is 20.3. The number of benzene rings is 2. The molecule has 0 saturated heterocycles. The molecule has 0 bridgehead atoms. The largest absolute Gasteiger partial charge is 1.00 e. The number of amides is 2. The molecule has 0 unspecified atom stereocenters. The van der Waals surface area contributed by atoms with E-state index >= 15 is 0 Å². The van der Waals surface area contributed by atoms with Gasteiger partial charge in [0.15, 0.2) is 12.4 Å². The molecule has 180 valence electrons. The molecule has 0 saturated carbocycles. The van der Waals surface area contributed by atoms with Gasteiger partial charge in [-0.15, -0.1) is 10.2 Å². The molecule has 0 radical (unpaired) electrons. The predicted molar refractivity (Wildman–Crippen MR) is 127 cm³/mol. The molecular weight excluding hydrogens is 486 g/mol. The van der Waals surface area contributed by atoms with E-state index in [2.05, 4.69) is 20.8 Å². The second kappa shape index (κ2) is 13.3.